The van der Waals surface area contributed by atoms with Crippen LogP contribution in [-0.4, -0.2) is 16.9 Å². The van der Waals surface area contributed by atoms with Gasteiger partial charge in [-0.15, -0.1) is 0 Å². The van der Waals surface area contributed by atoms with Gasteiger partial charge in [0.2, 0.25) is 0 Å². The summed E-state index contributed by atoms with van der Waals surface area (Å²) in [6.45, 7) is 3.94. The minimum absolute atomic E-state index is 0.116. The predicted molar refractivity (Wildman–Crippen MR) is 84.8 cm³/mol. The molecular formula is C17H16ClNO2. The summed E-state index contributed by atoms with van der Waals surface area (Å²) >= 11 is 5.77. The largest absolute Gasteiger partial charge is 0.491 e. The number of aromatic nitrogens is 1. The summed E-state index contributed by atoms with van der Waals surface area (Å²) in [5, 5.41) is 0.307. The van der Waals surface area contributed by atoms with Crippen molar-refractivity contribution in [3.8, 4) is 5.75 Å². The van der Waals surface area contributed by atoms with E-state index in [0.29, 0.717) is 10.7 Å². The van der Waals surface area contributed by atoms with Gasteiger partial charge in [0.1, 0.15) is 10.9 Å². The summed E-state index contributed by atoms with van der Waals surface area (Å²) in [7, 11) is 0. The molecule has 0 radical (unpaired) electrons. The number of ether oxygens (including phenoxy) is 1. The Morgan fingerprint density at radius 2 is 2.10 bits per heavy atom. The highest BCUT2D eigenvalue weighted by Gasteiger charge is 2.03. The summed E-state index contributed by atoms with van der Waals surface area (Å²) in [6, 6.07) is 10.8. The van der Waals surface area contributed by atoms with Gasteiger partial charge >= 0.3 is 0 Å². The Hall–Kier alpha value is -2.13. The Balaban J connectivity index is 2.12. The maximum Gasteiger partial charge on any atom is 0.186 e. The van der Waals surface area contributed by atoms with Crippen molar-refractivity contribution in [3.63, 3.8) is 0 Å². The number of halogens is 1. The van der Waals surface area contributed by atoms with Gasteiger partial charge < -0.3 is 4.74 Å². The molecule has 0 saturated heterocycles. The van der Waals surface area contributed by atoms with Crippen LogP contribution in [0, 0.1) is 0 Å². The SMILES string of the molecule is CC(C)Oc1cccc(C=CC(=O)c2ccnc(Cl)c2)c1. The fraction of sp³-hybridized carbons (Fsp3) is 0.176. The Labute approximate surface area is 129 Å². The molecule has 0 N–H and O–H groups in total. The molecule has 0 unspecified atom stereocenters. The average molecular weight is 302 g/mol. The van der Waals surface area contributed by atoms with Crippen molar-refractivity contribution >= 4 is 23.5 Å². The highest BCUT2D eigenvalue weighted by Crippen LogP contribution is 2.16. The maximum absolute atomic E-state index is 12.0. The molecule has 0 bridgehead atoms. The number of pyridine rings is 1. The van der Waals surface area contributed by atoms with Gasteiger partial charge in [0.05, 0.1) is 6.10 Å². The van der Waals surface area contributed by atoms with Crippen molar-refractivity contribution in [1.29, 1.82) is 0 Å². The van der Waals surface area contributed by atoms with E-state index in [-0.39, 0.29) is 11.9 Å². The normalized spacial score (nSPS) is 11.0. The third kappa shape index (κ3) is 4.72. The van der Waals surface area contributed by atoms with Gasteiger partial charge in [-0.2, -0.15) is 0 Å². The summed E-state index contributed by atoms with van der Waals surface area (Å²) in [5.74, 6) is 0.668. The zero-order valence-corrected chi connectivity index (χ0v) is 12.7. The van der Waals surface area contributed by atoms with E-state index in [0.717, 1.165) is 11.3 Å². The van der Waals surface area contributed by atoms with Crippen molar-refractivity contribution in [2.45, 2.75) is 20.0 Å². The van der Waals surface area contributed by atoms with Gasteiger partial charge in [-0.3, -0.25) is 4.79 Å². The van der Waals surface area contributed by atoms with E-state index in [1.807, 2.05) is 38.1 Å². The van der Waals surface area contributed by atoms with E-state index >= 15 is 0 Å². The van der Waals surface area contributed by atoms with Gasteiger partial charge in [0, 0.05) is 11.8 Å². The first kappa shape index (κ1) is 15.3. The Bertz CT molecular complexity index is 665. The first-order valence-electron chi connectivity index (χ1n) is 6.65. The van der Waals surface area contributed by atoms with Gasteiger partial charge in [-0.1, -0.05) is 29.8 Å². The molecule has 0 amide bonds. The molecule has 0 atom stereocenters. The third-order valence-corrected chi connectivity index (χ3v) is 2.87. The lowest BCUT2D eigenvalue weighted by molar-refractivity contribution is 0.104. The lowest BCUT2D eigenvalue weighted by Crippen LogP contribution is -2.05. The zero-order chi connectivity index (χ0) is 15.2. The van der Waals surface area contributed by atoms with E-state index in [1.54, 1.807) is 18.2 Å². The van der Waals surface area contributed by atoms with Crippen LogP contribution >= 0.6 is 11.6 Å². The lowest BCUT2D eigenvalue weighted by Gasteiger charge is -2.09. The number of ketones is 1. The lowest BCUT2D eigenvalue weighted by atomic mass is 10.1. The summed E-state index contributed by atoms with van der Waals surface area (Å²) in [4.78, 5) is 15.9. The van der Waals surface area contributed by atoms with Crippen LogP contribution in [-0.2, 0) is 0 Å². The molecule has 0 saturated carbocycles. The number of rotatable bonds is 5. The average Bonchev–Trinajstić information content (AvgIpc) is 2.44. The van der Waals surface area contributed by atoms with Gasteiger partial charge in [-0.25, -0.2) is 4.98 Å². The Kier molecular flexibility index (Phi) is 5.12. The fourth-order valence-corrected chi connectivity index (χ4v) is 1.96. The highest BCUT2D eigenvalue weighted by atomic mass is 35.5. The van der Waals surface area contributed by atoms with Crippen LogP contribution in [0.4, 0.5) is 0 Å². The third-order valence-electron chi connectivity index (χ3n) is 2.67. The molecule has 0 aliphatic rings. The van der Waals surface area contributed by atoms with E-state index in [9.17, 15) is 4.79 Å². The molecule has 0 aliphatic carbocycles. The zero-order valence-electron chi connectivity index (χ0n) is 11.9. The fourth-order valence-electron chi connectivity index (χ4n) is 1.79. The summed E-state index contributed by atoms with van der Waals surface area (Å²) in [6.07, 6.45) is 4.90. The van der Waals surface area contributed by atoms with Crippen LogP contribution in [0.3, 0.4) is 0 Å². The number of hydrogen-bond donors (Lipinski definition) is 0. The second kappa shape index (κ2) is 7.04. The van der Waals surface area contributed by atoms with E-state index < -0.39 is 0 Å². The van der Waals surface area contributed by atoms with Crippen LogP contribution in [0.15, 0.2) is 48.7 Å². The minimum Gasteiger partial charge on any atom is -0.491 e. The van der Waals surface area contributed by atoms with E-state index in [4.69, 9.17) is 16.3 Å². The number of benzene rings is 1. The number of carbonyl (C=O) groups is 1. The molecular weight excluding hydrogens is 286 g/mol. The van der Waals surface area contributed by atoms with Crippen molar-refractivity contribution < 1.29 is 9.53 Å². The van der Waals surface area contributed by atoms with Crippen LogP contribution in [0.1, 0.15) is 29.8 Å². The standard InChI is InChI=1S/C17H16ClNO2/c1-12(2)21-15-5-3-4-13(10-15)6-7-16(20)14-8-9-19-17(18)11-14/h3-12H,1-2H3. The molecule has 0 fully saturated rings. The smallest absolute Gasteiger partial charge is 0.186 e. The number of allylic oxidation sites excluding steroid dienone is 1. The van der Waals surface area contributed by atoms with Crippen LogP contribution < -0.4 is 4.74 Å². The van der Waals surface area contributed by atoms with Crippen molar-refractivity contribution in [2.75, 3.05) is 0 Å². The first-order valence-corrected chi connectivity index (χ1v) is 7.03. The highest BCUT2D eigenvalue weighted by molar-refractivity contribution is 6.29. The molecule has 2 aromatic rings. The van der Waals surface area contributed by atoms with Crippen molar-refractivity contribution in [3.05, 3.63) is 65.0 Å². The molecule has 108 valence electrons. The van der Waals surface area contributed by atoms with Crippen molar-refractivity contribution in [2.24, 2.45) is 0 Å². The quantitative estimate of drug-likeness (QED) is 0.466. The summed E-state index contributed by atoms with van der Waals surface area (Å²) in [5.41, 5.74) is 1.42. The Morgan fingerprint density at radius 3 is 2.81 bits per heavy atom. The molecule has 4 heteroatoms. The first-order chi connectivity index (χ1) is 10.0. The van der Waals surface area contributed by atoms with E-state index in [1.165, 1.54) is 12.3 Å². The van der Waals surface area contributed by atoms with Gasteiger partial charge in [0.25, 0.3) is 0 Å². The van der Waals surface area contributed by atoms with Gasteiger partial charge in [-0.05, 0) is 49.8 Å². The predicted octanol–water partition coefficient (Wildman–Crippen LogP) is 4.42. The van der Waals surface area contributed by atoms with Crippen molar-refractivity contribution in [1.82, 2.24) is 4.98 Å². The monoisotopic (exact) mass is 301 g/mol. The topological polar surface area (TPSA) is 39.2 Å². The molecule has 0 aliphatic heterocycles. The number of nitrogens with zero attached hydrogens (tertiary/aromatic N) is 1. The second-order valence-electron chi connectivity index (χ2n) is 4.80. The summed E-state index contributed by atoms with van der Waals surface area (Å²) < 4.78 is 5.62. The minimum atomic E-state index is -0.116. The molecule has 0 spiro atoms. The van der Waals surface area contributed by atoms with Crippen LogP contribution in [0.5, 0.6) is 5.75 Å². The molecule has 2 rings (SSSR count). The Morgan fingerprint density at radius 1 is 1.29 bits per heavy atom. The van der Waals surface area contributed by atoms with E-state index in [2.05, 4.69) is 4.98 Å². The maximum atomic E-state index is 12.0. The molecule has 1 aromatic heterocycles. The molecule has 1 heterocycles. The molecule has 3 nitrogen and oxygen atoms in total. The number of hydrogen-bond acceptors (Lipinski definition) is 3. The second-order valence-corrected chi connectivity index (χ2v) is 5.19. The molecule has 21 heavy (non-hydrogen) atoms. The van der Waals surface area contributed by atoms with Gasteiger partial charge in [0.15, 0.2) is 5.78 Å². The number of carbonyl (C=O) groups excluding carboxylic acids is 1. The van der Waals surface area contributed by atoms with Crippen LogP contribution in [0.2, 0.25) is 5.15 Å². The van der Waals surface area contributed by atoms with Crippen LogP contribution in [0.25, 0.3) is 6.08 Å². The molecule has 1 aromatic carbocycles.